The van der Waals surface area contributed by atoms with Crippen LogP contribution in [0, 0.1) is 18.3 Å². The summed E-state index contributed by atoms with van der Waals surface area (Å²) in [6.07, 6.45) is 0. The Balaban J connectivity index is 1.86. The topological polar surface area (TPSA) is 51.5 Å². The average molecular weight is 283 g/mol. The van der Waals surface area contributed by atoms with Crippen LogP contribution in [0.15, 0.2) is 42.5 Å². The molecule has 0 heterocycles. The average Bonchev–Trinajstić information content (AvgIpc) is 2.53. The molecular weight excluding hydrogens is 266 g/mol. The van der Waals surface area contributed by atoms with Gasteiger partial charge < -0.3 is 14.2 Å². The minimum absolute atomic E-state index is 0.399. The molecule has 0 aliphatic rings. The third kappa shape index (κ3) is 4.15. The number of ether oxygens (including phenoxy) is 3. The fourth-order valence-electron chi connectivity index (χ4n) is 1.80. The second-order valence-electron chi connectivity index (χ2n) is 4.49. The Bertz CT molecular complexity index is 629. The maximum absolute atomic E-state index is 8.84. The van der Waals surface area contributed by atoms with E-state index in [0.29, 0.717) is 30.3 Å². The van der Waals surface area contributed by atoms with Crippen molar-refractivity contribution >= 4 is 0 Å². The monoisotopic (exact) mass is 283 g/mol. The van der Waals surface area contributed by atoms with Gasteiger partial charge in [-0.05, 0) is 31.2 Å². The number of nitriles is 1. The van der Waals surface area contributed by atoms with Crippen molar-refractivity contribution < 1.29 is 14.2 Å². The molecule has 108 valence electrons. The van der Waals surface area contributed by atoms with E-state index in [-0.39, 0.29) is 0 Å². The number of nitrogens with zero attached hydrogens (tertiary/aromatic N) is 1. The first-order chi connectivity index (χ1) is 10.2. The van der Waals surface area contributed by atoms with Crippen LogP contribution >= 0.6 is 0 Å². The molecule has 0 saturated heterocycles. The van der Waals surface area contributed by atoms with Gasteiger partial charge >= 0.3 is 0 Å². The SMILES string of the molecule is COc1cc(C#N)ccc1OCCOc1ccc(C)cc1. The Kier molecular flexibility index (Phi) is 5.05. The molecule has 4 nitrogen and oxygen atoms in total. The zero-order valence-electron chi connectivity index (χ0n) is 12.1. The van der Waals surface area contributed by atoms with Gasteiger partial charge in [0.25, 0.3) is 0 Å². The molecule has 0 fully saturated rings. The molecule has 0 atom stereocenters. The van der Waals surface area contributed by atoms with Gasteiger partial charge in [-0.2, -0.15) is 5.26 Å². The molecule has 0 unspecified atom stereocenters. The minimum Gasteiger partial charge on any atom is -0.493 e. The highest BCUT2D eigenvalue weighted by Crippen LogP contribution is 2.27. The summed E-state index contributed by atoms with van der Waals surface area (Å²) in [5.74, 6) is 1.96. The lowest BCUT2D eigenvalue weighted by Crippen LogP contribution is -2.09. The van der Waals surface area contributed by atoms with E-state index in [1.165, 1.54) is 5.56 Å². The van der Waals surface area contributed by atoms with Crippen molar-refractivity contribution in [2.75, 3.05) is 20.3 Å². The third-order valence-corrected chi connectivity index (χ3v) is 2.92. The van der Waals surface area contributed by atoms with Crippen LogP contribution in [0.3, 0.4) is 0 Å². The summed E-state index contributed by atoms with van der Waals surface area (Å²) in [6, 6.07) is 15.0. The number of hydrogen-bond acceptors (Lipinski definition) is 4. The lowest BCUT2D eigenvalue weighted by atomic mass is 10.2. The molecule has 2 rings (SSSR count). The van der Waals surface area contributed by atoms with E-state index in [4.69, 9.17) is 19.5 Å². The van der Waals surface area contributed by atoms with Crippen molar-refractivity contribution in [1.29, 1.82) is 5.26 Å². The normalized spacial score (nSPS) is 9.76. The van der Waals surface area contributed by atoms with Gasteiger partial charge in [-0.15, -0.1) is 0 Å². The summed E-state index contributed by atoms with van der Waals surface area (Å²) >= 11 is 0. The molecule has 0 aliphatic carbocycles. The van der Waals surface area contributed by atoms with E-state index in [1.807, 2.05) is 31.2 Å². The highest BCUT2D eigenvalue weighted by Gasteiger charge is 2.05. The molecule has 0 aliphatic heterocycles. The summed E-state index contributed by atoms with van der Waals surface area (Å²) in [5, 5.41) is 8.84. The number of hydrogen-bond donors (Lipinski definition) is 0. The molecule has 0 aromatic heterocycles. The zero-order valence-corrected chi connectivity index (χ0v) is 12.1. The first-order valence-electron chi connectivity index (χ1n) is 6.63. The van der Waals surface area contributed by atoms with Crippen LogP contribution in [0.4, 0.5) is 0 Å². The Hall–Kier alpha value is -2.67. The maximum atomic E-state index is 8.84. The number of rotatable bonds is 6. The molecule has 2 aromatic carbocycles. The molecule has 0 spiro atoms. The number of methoxy groups -OCH3 is 1. The van der Waals surface area contributed by atoms with Crippen molar-refractivity contribution in [3.05, 3.63) is 53.6 Å². The van der Waals surface area contributed by atoms with E-state index in [1.54, 1.807) is 25.3 Å². The Morgan fingerprint density at radius 1 is 0.952 bits per heavy atom. The van der Waals surface area contributed by atoms with Crippen LogP contribution in [-0.2, 0) is 0 Å². The lowest BCUT2D eigenvalue weighted by molar-refractivity contribution is 0.211. The highest BCUT2D eigenvalue weighted by atomic mass is 16.5. The fraction of sp³-hybridized carbons (Fsp3) is 0.235. The fourth-order valence-corrected chi connectivity index (χ4v) is 1.80. The first-order valence-corrected chi connectivity index (χ1v) is 6.63. The van der Waals surface area contributed by atoms with Gasteiger partial charge in [-0.3, -0.25) is 0 Å². The summed E-state index contributed by atoms with van der Waals surface area (Å²) in [6.45, 7) is 2.87. The minimum atomic E-state index is 0.399. The van der Waals surface area contributed by atoms with E-state index in [0.717, 1.165) is 5.75 Å². The van der Waals surface area contributed by atoms with Crippen molar-refractivity contribution in [2.45, 2.75) is 6.92 Å². The molecule has 0 N–H and O–H groups in total. The number of benzene rings is 2. The molecule has 4 heteroatoms. The largest absolute Gasteiger partial charge is 0.493 e. The van der Waals surface area contributed by atoms with Gasteiger partial charge in [0.15, 0.2) is 11.5 Å². The molecule has 2 aromatic rings. The van der Waals surface area contributed by atoms with Gasteiger partial charge in [0.2, 0.25) is 0 Å². The van der Waals surface area contributed by atoms with Gasteiger partial charge in [0.1, 0.15) is 19.0 Å². The predicted molar refractivity (Wildman–Crippen MR) is 79.9 cm³/mol. The van der Waals surface area contributed by atoms with Crippen LogP contribution in [0.2, 0.25) is 0 Å². The van der Waals surface area contributed by atoms with E-state index in [9.17, 15) is 0 Å². The van der Waals surface area contributed by atoms with Gasteiger partial charge in [-0.25, -0.2) is 0 Å². The number of aryl methyl sites for hydroxylation is 1. The van der Waals surface area contributed by atoms with Crippen LogP contribution in [-0.4, -0.2) is 20.3 Å². The van der Waals surface area contributed by atoms with Crippen molar-refractivity contribution in [1.82, 2.24) is 0 Å². The molecular formula is C17H17NO3. The standard InChI is InChI=1S/C17H17NO3/c1-13-3-6-15(7-4-13)20-9-10-21-16-8-5-14(12-18)11-17(16)19-2/h3-8,11H,9-10H2,1-2H3. The molecule has 21 heavy (non-hydrogen) atoms. The summed E-state index contributed by atoms with van der Waals surface area (Å²) in [7, 11) is 1.55. The van der Waals surface area contributed by atoms with E-state index < -0.39 is 0 Å². The van der Waals surface area contributed by atoms with Crippen molar-refractivity contribution in [3.8, 4) is 23.3 Å². The predicted octanol–water partition coefficient (Wildman–Crippen LogP) is 3.33. The quantitative estimate of drug-likeness (QED) is 0.763. The highest BCUT2D eigenvalue weighted by molar-refractivity contribution is 5.46. The van der Waals surface area contributed by atoms with Gasteiger partial charge in [0.05, 0.1) is 18.7 Å². The van der Waals surface area contributed by atoms with Crippen LogP contribution in [0.25, 0.3) is 0 Å². The third-order valence-electron chi connectivity index (χ3n) is 2.92. The first kappa shape index (κ1) is 14.7. The molecule has 0 bridgehead atoms. The van der Waals surface area contributed by atoms with Crippen molar-refractivity contribution in [3.63, 3.8) is 0 Å². The molecule has 0 radical (unpaired) electrons. The van der Waals surface area contributed by atoms with Crippen LogP contribution in [0.5, 0.6) is 17.2 Å². The Labute approximate surface area is 124 Å². The Morgan fingerprint density at radius 3 is 2.33 bits per heavy atom. The van der Waals surface area contributed by atoms with Crippen LogP contribution < -0.4 is 14.2 Å². The second-order valence-corrected chi connectivity index (χ2v) is 4.49. The maximum Gasteiger partial charge on any atom is 0.162 e. The van der Waals surface area contributed by atoms with E-state index in [2.05, 4.69) is 6.07 Å². The lowest BCUT2D eigenvalue weighted by Gasteiger charge is -2.11. The van der Waals surface area contributed by atoms with E-state index >= 15 is 0 Å². The summed E-state index contributed by atoms with van der Waals surface area (Å²) < 4.78 is 16.4. The Morgan fingerprint density at radius 2 is 1.67 bits per heavy atom. The van der Waals surface area contributed by atoms with Gasteiger partial charge in [-0.1, -0.05) is 17.7 Å². The second kappa shape index (κ2) is 7.20. The van der Waals surface area contributed by atoms with Crippen molar-refractivity contribution in [2.24, 2.45) is 0 Å². The molecule has 0 amide bonds. The van der Waals surface area contributed by atoms with Gasteiger partial charge in [0, 0.05) is 6.07 Å². The molecule has 0 saturated carbocycles. The smallest absolute Gasteiger partial charge is 0.162 e. The summed E-state index contributed by atoms with van der Waals surface area (Å²) in [4.78, 5) is 0. The zero-order chi connectivity index (χ0) is 15.1. The van der Waals surface area contributed by atoms with Crippen LogP contribution in [0.1, 0.15) is 11.1 Å². The summed E-state index contributed by atoms with van der Waals surface area (Å²) in [5.41, 5.74) is 1.73.